The average molecular weight is 804 g/mol. The van der Waals surface area contributed by atoms with Gasteiger partial charge in [0.05, 0.1) is 24.2 Å². The van der Waals surface area contributed by atoms with Crippen LogP contribution in [0.1, 0.15) is 62.5 Å². The number of carbonyl (C=O) groups is 1. The highest BCUT2D eigenvalue weighted by Gasteiger charge is 2.46. The molecule has 3 fully saturated rings. The smallest absolute Gasteiger partial charge is 0.254 e. The van der Waals surface area contributed by atoms with Crippen molar-refractivity contribution in [3.63, 3.8) is 0 Å². The molecule has 2 heterocycles. The SMILES string of the molecule is O=C([C@@H](O)[C@@H](O)[C@H](O)[C@@H](O)CO)N(CCCCSc1ccc(Cl)c(CNC2(c3cnccc3-c3ccccc3OC3CC3)CC2)c1)C1CCS(=O)(=O)CC1. The van der Waals surface area contributed by atoms with E-state index >= 15 is 0 Å². The number of carbonyl (C=O) groups excluding carboxylic acids is 1. The molecule has 54 heavy (non-hydrogen) atoms. The van der Waals surface area contributed by atoms with E-state index in [1.807, 2.05) is 42.7 Å². The Kier molecular flexibility index (Phi) is 13.6. The Bertz CT molecular complexity index is 1850. The standard InChI is InChI=1S/C39H50ClN3O9S2/c40-32-10-9-28(53-18-4-3-17-43(26-12-19-54(50,51)20-13-26)38(49)37(48)36(47)35(46)33(45)24-44)21-25(32)22-42-39(14-15-39)31-23-41-16-11-29(31)30-5-1-2-6-34(30)52-27-7-8-27/h1-2,5-6,9-11,16,21,23,26-27,33,35-37,42,44-48H,3-4,7-8,12-15,17-20,22,24H2/t33-,35+,36-,37-/m0/s1. The number of sulfone groups is 1. The summed E-state index contributed by atoms with van der Waals surface area (Å²) < 4.78 is 30.4. The zero-order valence-electron chi connectivity index (χ0n) is 30.1. The second kappa shape index (κ2) is 18.0. The highest BCUT2D eigenvalue weighted by Crippen LogP contribution is 2.50. The molecule has 1 aromatic heterocycles. The number of nitrogens with zero attached hydrogens (tertiary/aromatic N) is 2. The molecule has 2 aliphatic carbocycles. The van der Waals surface area contributed by atoms with E-state index in [2.05, 4.69) is 28.5 Å². The quantitative estimate of drug-likeness (QED) is 0.0767. The first-order valence-electron chi connectivity index (χ1n) is 18.6. The zero-order valence-corrected chi connectivity index (χ0v) is 32.5. The summed E-state index contributed by atoms with van der Waals surface area (Å²) in [7, 11) is -3.22. The average Bonchev–Trinajstić information content (AvgIpc) is 4.13. The van der Waals surface area contributed by atoms with E-state index in [9.17, 15) is 33.6 Å². The van der Waals surface area contributed by atoms with Crippen molar-refractivity contribution < 1.29 is 43.5 Å². The highest BCUT2D eigenvalue weighted by molar-refractivity contribution is 7.99. The van der Waals surface area contributed by atoms with Crippen molar-refractivity contribution in [2.24, 2.45) is 0 Å². The Hall–Kier alpha value is -2.79. The molecule has 3 aliphatic rings. The van der Waals surface area contributed by atoms with E-state index in [-0.39, 0.29) is 42.5 Å². The molecule has 0 unspecified atom stereocenters. The van der Waals surface area contributed by atoms with Crippen molar-refractivity contribution in [3.05, 3.63) is 77.1 Å². The molecule has 0 bridgehead atoms. The fourth-order valence-corrected chi connectivity index (χ4v) is 9.57. The second-order valence-electron chi connectivity index (χ2n) is 14.6. The zero-order chi connectivity index (χ0) is 38.5. The predicted octanol–water partition coefficient (Wildman–Crippen LogP) is 3.44. The van der Waals surface area contributed by atoms with E-state index in [0.29, 0.717) is 30.2 Å². The number of aliphatic hydroxyl groups is 5. The second-order valence-corrected chi connectivity index (χ2v) is 18.4. The van der Waals surface area contributed by atoms with Gasteiger partial charge >= 0.3 is 0 Å². The summed E-state index contributed by atoms with van der Waals surface area (Å²) in [6.45, 7) is -0.0995. The van der Waals surface area contributed by atoms with Crippen molar-refractivity contribution >= 4 is 39.1 Å². The molecule has 2 aromatic carbocycles. The fraction of sp³-hybridized carbons (Fsp3) is 0.538. The van der Waals surface area contributed by atoms with Crippen molar-refractivity contribution in [1.29, 1.82) is 0 Å². The number of hydrogen-bond donors (Lipinski definition) is 6. The van der Waals surface area contributed by atoms with Gasteiger partial charge in [-0.1, -0.05) is 29.8 Å². The third-order valence-corrected chi connectivity index (χ3v) is 13.7. The molecule has 12 nitrogen and oxygen atoms in total. The van der Waals surface area contributed by atoms with Crippen LogP contribution in [0.15, 0.2) is 65.8 Å². The number of rotatable bonds is 19. The largest absolute Gasteiger partial charge is 0.490 e. The van der Waals surface area contributed by atoms with Gasteiger partial charge in [0.15, 0.2) is 6.10 Å². The number of pyridine rings is 1. The Morgan fingerprint density at radius 1 is 1.00 bits per heavy atom. The number of nitrogens with one attached hydrogen (secondary N) is 1. The Labute approximate surface area is 325 Å². The van der Waals surface area contributed by atoms with Gasteiger partial charge in [0.1, 0.15) is 33.9 Å². The van der Waals surface area contributed by atoms with E-state index < -0.39 is 52.8 Å². The number of thioether (sulfide) groups is 1. The predicted molar refractivity (Wildman–Crippen MR) is 207 cm³/mol. The number of amides is 1. The normalized spacial score (nSPS) is 20.1. The van der Waals surface area contributed by atoms with Gasteiger partial charge in [-0.2, -0.15) is 0 Å². The topological polar surface area (TPSA) is 190 Å². The molecule has 4 atom stereocenters. The summed E-state index contributed by atoms with van der Waals surface area (Å²) in [6, 6.07) is 15.7. The summed E-state index contributed by atoms with van der Waals surface area (Å²) in [5.74, 6) is 0.562. The maximum Gasteiger partial charge on any atom is 0.254 e. The molecule has 0 radical (unpaired) electrons. The Balaban J connectivity index is 1.05. The van der Waals surface area contributed by atoms with E-state index in [1.165, 1.54) is 4.90 Å². The van der Waals surface area contributed by atoms with E-state index in [0.717, 1.165) is 58.6 Å². The molecule has 0 spiro atoms. The van der Waals surface area contributed by atoms with Gasteiger partial charge in [-0.15, -0.1) is 11.8 Å². The molecule has 6 rings (SSSR count). The molecule has 1 aliphatic heterocycles. The third kappa shape index (κ3) is 10.1. The van der Waals surface area contributed by atoms with Crippen LogP contribution >= 0.6 is 23.4 Å². The number of unbranched alkanes of at least 4 members (excludes halogenated alkanes) is 1. The van der Waals surface area contributed by atoms with Crippen LogP contribution in [0, 0.1) is 0 Å². The maximum absolute atomic E-state index is 13.4. The first-order valence-corrected chi connectivity index (χ1v) is 21.8. The number of hydrogen-bond acceptors (Lipinski definition) is 12. The maximum atomic E-state index is 13.4. The van der Waals surface area contributed by atoms with Gasteiger partial charge < -0.3 is 40.5 Å². The molecule has 2 saturated carbocycles. The van der Waals surface area contributed by atoms with Crippen LogP contribution < -0.4 is 10.1 Å². The van der Waals surface area contributed by atoms with Crippen molar-refractivity contribution in [3.8, 4) is 16.9 Å². The number of para-hydroxylation sites is 1. The lowest BCUT2D eigenvalue weighted by atomic mass is 9.94. The molecule has 1 saturated heterocycles. The van der Waals surface area contributed by atoms with Crippen LogP contribution in [-0.4, -0.2) is 117 Å². The monoisotopic (exact) mass is 803 g/mol. The summed E-state index contributed by atoms with van der Waals surface area (Å²) in [4.78, 5) is 20.3. The summed E-state index contributed by atoms with van der Waals surface area (Å²) in [6.07, 6.45) is 2.00. The number of aliphatic hydroxyl groups excluding tert-OH is 5. The minimum absolute atomic E-state index is 0.0939. The number of halogens is 1. The van der Waals surface area contributed by atoms with Gasteiger partial charge in [0, 0.05) is 52.5 Å². The van der Waals surface area contributed by atoms with Gasteiger partial charge in [0.25, 0.3) is 5.91 Å². The summed E-state index contributed by atoms with van der Waals surface area (Å²) in [5.41, 5.74) is 4.06. The van der Waals surface area contributed by atoms with Crippen molar-refractivity contribution in [2.45, 2.75) is 105 Å². The molecule has 294 valence electrons. The van der Waals surface area contributed by atoms with Crippen LogP contribution in [0.5, 0.6) is 5.75 Å². The summed E-state index contributed by atoms with van der Waals surface area (Å²) in [5, 5.41) is 54.4. The van der Waals surface area contributed by atoms with Crippen LogP contribution in [0.25, 0.3) is 11.1 Å². The molecular formula is C39H50ClN3O9S2. The lowest BCUT2D eigenvalue weighted by Gasteiger charge is -2.37. The lowest BCUT2D eigenvalue weighted by Crippen LogP contribution is -2.55. The first kappa shape index (κ1) is 40.9. The molecule has 6 N–H and O–H groups in total. The summed E-state index contributed by atoms with van der Waals surface area (Å²) >= 11 is 8.34. The number of aromatic nitrogens is 1. The lowest BCUT2D eigenvalue weighted by molar-refractivity contribution is -0.160. The van der Waals surface area contributed by atoms with E-state index in [4.69, 9.17) is 21.4 Å². The molecule has 1 amide bonds. The van der Waals surface area contributed by atoms with Crippen LogP contribution in [-0.2, 0) is 26.7 Å². The Morgan fingerprint density at radius 3 is 2.44 bits per heavy atom. The molecular weight excluding hydrogens is 754 g/mol. The van der Waals surface area contributed by atoms with Crippen LogP contribution in [0.3, 0.4) is 0 Å². The van der Waals surface area contributed by atoms with Crippen LogP contribution in [0.4, 0.5) is 0 Å². The minimum Gasteiger partial charge on any atom is -0.490 e. The number of benzene rings is 2. The van der Waals surface area contributed by atoms with Gasteiger partial charge in [0.2, 0.25) is 0 Å². The number of ether oxygens (including phenoxy) is 1. The van der Waals surface area contributed by atoms with E-state index in [1.54, 1.807) is 11.8 Å². The van der Waals surface area contributed by atoms with Crippen molar-refractivity contribution in [2.75, 3.05) is 30.4 Å². The van der Waals surface area contributed by atoms with Crippen LogP contribution in [0.2, 0.25) is 5.02 Å². The van der Waals surface area contributed by atoms with Gasteiger partial charge in [-0.25, -0.2) is 8.42 Å². The molecule has 3 aromatic rings. The van der Waals surface area contributed by atoms with Gasteiger partial charge in [-0.3, -0.25) is 9.78 Å². The minimum atomic E-state index is -3.22. The first-order chi connectivity index (χ1) is 25.9. The molecule has 15 heteroatoms. The highest BCUT2D eigenvalue weighted by atomic mass is 35.5. The fourth-order valence-electron chi connectivity index (χ4n) is 6.95. The Morgan fingerprint density at radius 2 is 1.74 bits per heavy atom. The van der Waals surface area contributed by atoms with Gasteiger partial charge in [-0.05, 0) is 104 Å². The third-order valence-electron chi connectivity index (χ3n) is 10.5. The van der Waals surface area contributed by atoms with Crippen molar-refractivity contribution in [1.82, 2.24) is 15.2 Å².